The summed E-state index contributed by atoms with van der Waals surface area (Å²) in [6.45, 7) is 2.44. The smallest absolute Gasteiger partial charge is 0.0558 e. The number of nitrogen functional groups attached to an aromatic ring is 1. The van der Waals surface area contributed by atoms with Gasteiger partial charge in [0.25, 0.3) is 0 Å². The normalized spacial score (nSPS) is 10.8. The molecule has 0 aromatic heterocycles. The van der Waals surface area contributed by atoms with Crippen molar-refractivity contribution >= 4 is 5.69 Å². The van der Waals surface area contributed by atoms with Gasteiger partial charge in [0, 0.05) is 25.3 Å². The molecule has 19 heavy (non-hydrogen) atoms. The molecule has 0 aliphatic carbocycles. The maximum atomic E-state index is 9.18. The molecule has 0 bridgehead atoms. The molecule has 3 heteroatoms. The van der Waals surface area contributed by atoms with E-state index in [1.54, 1.807) is 0 Å². The van der Waals surface area contributed by atoms with Crippen molar-refractivity contribution < 1.29 is 5.11 Å². The number of hydrogen-bond acceptors (Lipinski definition) is 3. The van der Waals surface area contributed by atoms with Gasteiger partial charge < -0.3 is 10.8 Å². The largest absolute Gasteiger partial charge is 0.399 e. The average Bonchev–Trinajstić information content (AvgIpc) is 2.40. The van der Waals surface area contributed by atoms with Crippen LogP contribution in [-0.4, -0.2) is 23.2 Å². The minimum atomic E-state index is 0.162. The van der Waals surface area contributed by atoms with E-state index < -0.39 is 0 Å². The number of aliphatic hydroxyl groups is 1. The lowest BCUT2D eigenvalue weighted by Crippen LogP contribution is -2.26. The van der Waals surface area contributed by atoms with Crippen LogP contribution in [-0.2, 0) is 13.1 Å². The average molecular weight is 256 g/mol. The first kappa shape index (κ1) is 13.6. The SMILES string of the molecule is Nc1cccc(CN(CCO)Cc2ccccc2)c1. The van der Waals surface area contributed by atoms with Gasteiger partial charge in [-0.1, -0.05) is 42.5 Å². The van der Waals surface area contributed by atoms with Gasteiger partial charge in [-0.2, -0.15) is 0 Å². The number of anilines is 1. The van der Waals surface area contributed by atoms with Gasteiger partial charge in [0.05, 0.1) is 6.61 Å². The second-order valence-corrected chi connectivity index (χ2v) is 4.66. The van der Waals surface area contributed by atoms with Crippen molar-refractivity contribution in [2.45, 2.75) is 13.1 Å². The van der Waals surface area contributed by atoms with Crippen LogP contribution in [0.25, 0.3) is 0 Å². The summed E-state index contributed by atoms with van der Waals surface area (Å²) in [5.41, 5.74) is 8.99. The van der Waals surface area contributed by atoms with E-state index in [0.717, 1.165) is 18.8 Å². The zero-order chi connectivity index (χ0) is 13.5. The first-order valence-electron chi connectivity index (χ1n) is 6.49. The summed E-state index contributed by atoms with van der Waals surface area (Å²) in [6, 6.07) is 18.2. The molecular weight excluding hydrogens is 236 g/mol. The van der Waals surface area contributed by atoms with E-state index in [9.17, 15) is 5.11 Å². The fourth-order valence-electron chi connectivity index (χ4n) is 2.15. The fraction of sp³-hybridized carbons (Fsp3) is 0.250. The molecule has 0 radical (unpaired) electrons. The molecule has 0 amide bonds. The van der Waals surface area contributed by atoms with E-state index in [0.29, 0.717) is 6.54 Å². The van der Waals surface area contributed by atoms with E-state index in [1.807, 2.05) is 36.4 Å². The van der Waals surface area contributed by atoms with E-state index in [-0.39, 0.29) is 6.61 Å². The number of hydrogen-bond donors (Lipinski definition) is 2. The first-order valence-corrected chi connectivity index (χ1v) is 6.49. The highest BCUT2D eigenvalue weighted by Crippen LogP contribution is 2.12. The Kier molecular flexibility index (Phi) is 4.95. The Morgan fingerprint density at radius 2 is 1.58 bits per heavy atom. The Bertz CT molecular complexity index is 499. The lowest BCUT2D eigenvalue weighted by molar-refractivity contribution is 0.184. The maximum Gasteiger partial charge on any atom is 0.0558 e. The molecule has 0 unspecified atom stereocenters. The zero-order valence-corrected chi connectivity index (χ0v) is 11.0. The third-order valence-electron chi connectivity index (χ3n) is 3.02. The maximum absolute atomic E-state index is 9.18. The van der Waals surface area contributed by atoms with Crippen LogP contribution in [0, 0.1) is 0 Å². The predicted molar refractivity (Wildman–Crippen MR) is 78.5 cm³/mol. The lowest BCUT2D eigenvalue weighted by atomic mass is 10.1. The highest BCUT2D eigenvalue weighted by Gasteiger charge is 2.06. The number of nitrogens with zero attached hydrogens (tertiary/aromatic N) is 1. The van der Waals surface area contributed by atoms with Crippen molar-refractivity contribution in [2.75, 3.05) is 18.9 Å². The standard InChI is InChI=1S/C16H20N2O/c17-16-8-4-7-15(11-16)13-18(9-10-19)12-14-5-2-1-3-6-14/h1-8,11,19H,9-10,12-13,17H2. The molecule has 0 saturated heterocycles. The predicted octanol–water partition coefficient (Wildman–Crippen LogP) is 2.26. The molecule has 2 rings (SSSR count). The van der Waals surface area contributed by atoms with Crippen LogP contribution in [0.3, 0.4) is 0 Å². The molecule has 0 spiro atoms. The van der Waals surface area contributed by atoms with Gasteiger partial charge >= 0.3 is 0 Å². The van der Waals surface area contributed by atoms with Crippen molar-refractivity contribution in [2.24, 2.45) is 0 Å². The molecule has 2 aromatic rings. The summed E-state index contributed by atoms with van der Waals surface area (Å²) in [5, 5.41) is 9.18. The molecule has 0 aliphatic rings. The van der Waals surface area contributed by atoms with E-state index >= 15 is 0 Å². The number of aliphatic hydroxyl groups excluding tert-OH is 1. The molecule has 0 atom stereocenters. The van der Waals surface area contributed by atoms with Gasteiger partial charge in [0.1, 0.15) is 0 Å². The van der Waals surface area contributed by atoms with Crippen molar-refractivity contribution in [3.05, 3.63) is 65.7 Å². The summed E-state index contributed by atoms with van der Waals surface area (Å²) < 4.78 is 0. The van der Waals surface area contributed by atoms with Gasteiger partial charge in [0.15, 0.2) is 0 Å². The summed E-state index contributed by atoms with van der Waals surface area (Å²) in [6.07, 6.45) is 0. The van der Waals surface area contributed by atoms with Crippen LogP contribution in [0.2, 0.25) is 0 Å². The van der Waals surface area contributed by atoms with Crippen molar-refractivity contribution in [1.29, 1.82) is 0 Å². The second kappa shape index (κ2) is 6.92. The van der Waals surface area contributed by atoms with Crippen molar-refractivity contribution in [3.63, 3.8) is 0 Å². The van der Waals surface area contributed by atoms with Gasteiger partial charge in [-0.25, -0.2) is 0 Å². The zero-order valence-electron chi connectivity index (χ0n) is 11.0. The Morgan fingerprint density at radius 1 is 0.895 bits per heavy atom. The first-order chi connectivity index (χ1) is 9.28. The quantitative estimate of drug-likeness (QED) is 0.779. The minimum Gasteiger partial charge on any atom is -0.399 e. The Hall–Kier alpha value is -1.84. The van der Waals surface area contributed by atoms with Gasteiger partial charge in [0.2, 0.25) is 0 Å². The molecule has 0 heterocycles. The monoisotopic (exact) mass is 256 g/mol. The molecule has 2 aromatic carbocycles. The van der Waals surface area contributed by atoms with Crippen LogP contribution in [0.5, 0.6) is 0 Å². The molecule has 3 nitrogen and oxygen atoms in total. The van der Waals surface area contributed by atoms with E-state index in [4.69, 9.17) is 5.73 Å². The van der Waals surface area contributed by atoms with Gasteiger partial charge in [-0.15, -0.1) is 0 Å². The van der Waals surface area contributed by atoms with Crippen LogP contribution in [0.1, 0.15) is 11.1 Å². The molecule has 0 aliphatic heterocycles. The van der Waals surface area contributed by atoms with Crippen molar-refractivity contribution in [3.8, 4) is 0 Å². The molecule has 100 valence electrons. The summed E-state index contributed by atoms with van der Waals surface area (Å²) >= 11 is 0. The number of nitrogens with two attached hydrogens (primary N) is 1. The Morgan fingerprint density at radius 3 is 2.26 bits per heavy atom. The van der Waals surface area contributed by atoms with E-state index in [2.05, 4.69) is 23.1 Å². The third kappa shape index (κ3) is 4.39. The number of benzene rings is 2. The van der Waals surface area contributed by atoms with E-state index in [1.165, 1.54) is 11.1 Å². The Labute approximate surface area is 114 Å². The minimum absolute atomic E-state index is 0.162. The second-order valence-electron chi connectivity index (χ2n) is 4.66. The van der Waals surface area contributed by atoms with Crippen LogP contribution in [0.15, 0.2) is 54.6 Å². The summed E-state index contributed by atoms with van der Waals surface area (Å²) in [4.78, 5) is 2.21. The Balaban J connectivity index is 2.04. The van der Waals surface area contributed by atoms with Gasteiger partial charge in [-0.3, -0.25) is 4.90 Å². The molecule has 0 saturated carbocycles. The molecule has 3 N–H and O–H groups in total. The topological polar surface area (TPSA) is 49.5 Å². The van der Waals surface area contributed by atoms with Crippen LogP contribution in [0.4, 0.5) is 5.69 Å². The summed E-state index contributed by atoms with van der Waals surface area (Å²) in [7, 11) is 0. The summed E-state index contributed by atoms with van der Waals surface area (Å²) in [5.74, 6) is 0. The third-order valence-corrected chi connectivity index (χ3v) is 3.02. The van der Waals surface area contributed by atoms with Crippen LogP contribution < -0.4 is 5.73 Å². The lowest BCUT2D eigenvalue weighted by Gasteiger charge is -2.21. The molecule has 0 fully saturated rings. The van der Waals surface area contributed by atoms with Gasteiger partial charge in [-0.05, 0) is 23.3 Å². The van der Waals surface area contributed by atoms with Crippen LogP contribution >= 0.6 is 0 Å². The van der Waals surface area contributed by atoms with Crippen molar-refractivity contribution in [1.82, 2.24) is 4.90 Å². The number of rotatable bonds is 6. The highest BCUT2D eigenvalue weighted by atomic mass is 16.3. The fourth-order valence-corrected chi connectivity index (χ4v) is 2.15. The highest BCUT2D eigenvalue weighted by molar-refractivity contribution is 5.40. The molecular formula is C16H20N2O.